The highest BCUT2D eigenvalue weighted by Gasteiger charge is 2.27. The predicted molar refractivity (Wildman–Crippen MR) is 101 cm³/mol. The molecular weight excluding hydrogens is 316 g/mol. The minimum absolute atomic E-state index is 0.00391. The molecule has 0 saturated carbocycles. The van der Waals surface area contributed by atoms with Crippen molar-refractivity contribution in [3.63, 3.8) is 0 Å². The number of benzene rings is 1. The smallest absolute Gasteiger partial charge is 0.321 e. The second kappa shape index (κ2) is 8.34. The first-order valence-electron chi connectivity index (χ1n) is 8.96. The molecule has 1 aromatic rings. The summed E-state index contributed by atoms with van der Waals surface area (Å²) in [6.07, 6.45) is 0. The van der Waals surface area contributed by atoms with E-state index in [4.69, 9.17) is 0 Å². The lowest BCUT2D eigenvalue weighted by molar-refractivity contribution is -0.124. The van der Waals surface area contributed by atoms with Gasteiger partial charge in [0, 0.05) is 37.9 Å². The van der Waals surface area contributed by atoms with E-state index in [-0.39, 0.29) is 18.0 Å². The number of hydrogen-bond acceptors (Lipinski definition) is 4. The molecule has 1 heterocycles. The minimum atomic E-state index is -0.430. The van der Waals surface area contributed by atoms with Crippen LogP contribution in [-0.4, -0.2) is 55.1 Å². The molecule has 0 aliphatic carbocycles. The van der Waals surface area contributed by atoms with Crippen LogP contribution in [0.1, 0.15) is 31.9 Å². The van der Waals surface area contributed by atoms with Gasteiger partial charge < -0.3 is 10.2 Å². The Morgan fingerprint density at radius 3 is 2.28 bits per heavy atom. The average Bonchev–Trinajstić information content (AvgIpc) is 2.56. The summed E-state index contributed by atoms with van der Waals surface area (Å²) in [4.78, 5) is 28.4. The molecule has 0 unspecified atom stereocenters. The van der Waals surface area contributed by atoms with Gasteiger partial charge in [-0.15, -0.1) is 0 Å². The Morgan fingerprint density at radius 1 is 1.04 bits per heavy atom. The third-order valence-corrected chi connectivity index (χ3v) is 4.81. The monoisotopic (exact) mass is 346 g/mol. The molecule has 1 aliphatic rings. The van der Waals surface area contributed by atoms with Gasteiger partial charge in [-0.3, -0.25) is 15.0 Å². The molecule has 6 heteroatoms. The minimum Gasteiger partial charge on any atom is -0.369 e. The van der Waals surface area contributed by atoms with Crippen LogP contribution in [0.15, 0.2) is 18.2 Å². The number of carbonyl (C=O) groups is 2. The number of nitrogens with zero attached hydrogens (tertiary/aromatic N) is 2. The molecule has 1 atom stereocenters. The largest absolute Gasteiger partial charge is 0.369 e. The van der Waals surface area contributed by atoms with E-state index < -0.39 is 6.03 Å². The van der Waals surface area contributed by atoms with Crippen LogP contribution in [0.5, 0.6) is 0 Å². The van der Waals surface area contributed by atoms with Crippen LogP contribution in [0.3, 0.4) is 0 Å². The van der Waals surface area contributed by atoms with Crippen molar-refractivity contribution in [3.05, 3.63) is 29.3 Å². The van der Waals surface area contributed by atoms with Crippen molar-refractivity contribution >= 4 is 17.6 Å². The number of urea groups is 1. The summed E-state index contributed by atoms with van der Waals surface area (Å²) in [7, 11) is 0. The molecule has 1 aromatic carbocycles. The van der Waals surface area contributed by atoms with E-state index in [0.29, 0.717) is 0 Å². The fraction of sp³-hybridized carbons (Fsp3) is 0.579. The highest BCUT2D eigenvalue weighted by molar-refractivity contribution is 5.96. The molecule has 1 fully saturated rings. The molecule has 3 amide bonds. The predicted octanol–water partition coefficient (Wildman–Crippen LogP) is 2.05. The van der Waals surface area contributed by atoms with E-state index in [1.165, 1.54) is 16.8 Å². The van der Waals surface area contributed by atoms with Crippen LogP contribution in [0.2, 0.25) is 0 Å². The number of piperazine rings is 1. The van der Waals surface area contributed by atoms with Crippen LogP contribution in [-0.2, 0) is 4.79 Å². The number of hydrogen-bond donors (Lipinski definition) is 2. The first-order valence-corrected chi connectivity index (χ1v) is 8.96. The first-order chi connectivity index (χ1) is 11.8. The van der Waals surface area contributed by atoms with E-state index in [2.05, 4.69) is 52.5 Å². The van der Waals surface area contributed by atoms with Gasteiger partial charge in [-0.1, -0.05) is 12.1 Å². The first kappa shape index (κ1) is 19.2. The van der Waals surface area contributed by atoms with Gasteiger partial charge in [0.05, 0.1) is 6.04 Å². The fourth-order valence-corrected chi connectivity index (χ4v) is 3.11. The van der Waals surface area contributed by atoms with Crippen molar-refractivity contribution < 1.29 is 9.59 Å². The number of anilines is 1. The highest BCUT2D eigenvalue weighted by Crippen LogP contribution is 2.24. The Balaban J connectivity index is 1.89. The summed E-state index contributed by atoms with van der Waals surface area (Å²) < 4.78 is 0. The Hall–Kier alpha value is -2.08. The maximum Gasteiger partial charge on any atom is 0.321 e. The van der Waals surface area contributed by atoms with E-state index >= 15 is 0 Å². The molecule has 138 valence electrons. The maximum absolute atomic E-state index is 12.3. The second-order valence-corrected chi connectivity index (χ2v) is 7.04. The molecule has 25 heavy (non-hydrogen) atoms. The molecule has 2 rings (SSSR count). The van der Waals surface area contributed by atoms with E-state index in [9.17, 15) is 9.59 Å². The number of carbonyl (C=O) groups excluding carboxylic acids is 2. The Kier molecular flexibility index (Phi) is 6.42. The lowest BCUT2D eigenvalue weighted by atomic mass is 10.1. The van der Waals surface area contributed by atoms with E-state index in [1.54, 1.807) is 0 Å². The van der Waals surface area contributed by atoms with Crippen LogP contribution in [0.4, 0.5) is 10.5 Å². The topological polar surface area (TPSA) is 64.7 Å². The van der Waals surface area contributed by atoms with Gasteiger partial charge in [-0.2, -0.15) is 0 Å². The quantitative estimate of drug-likeness (QED) is 0.876. The van der Waals surface area contributed by atoms with Crippen molar-refractivity contribution in [1.29, 1.82) is 0 Å². The van der Waals surface area contributed by atoms with Crippen LogP contribution >= 0.6 is 0 Å². The average molecular weight is 346 g/mol. The van der Waals surface area contributed by atoms with Crippen LogP contribution in [0.25, 0.3) is 0 Å². The molecule has 1 saturated heterocycles. The van der Waals surface area contributed by atoms with Gasteiger partial charge >= 0.3 is 6.03 Å². The van der Waals surface area contributed by atoms with Crippen molar-refractivity contribution in [3.8, 4) is 0 Å². The third kappa shape index (κ3) is 4.95. The van der Waals surface area contributed by atoms with Gasteiger partial charge in [0.25, 0.3) is 0 Å². The summed E-state index contributed by atoms with van der Waals surface area (Å²) in [5.41, 5.74) is 3.88. The van der Waals surface area contributed by atoms with Gasteiger partial charge in [0.15, 0.2) is 0 Å². The van der Waals surface area contributed by atoms with Crippen molar-refractivity contribution in [2.24, 2.45) is 0 Å². The van der Waals surface area contributed by atoms with Crippen molar-refractivity contribution in [2.75, 3.05) is 31.1 Å². The lowest BCUT2D eigenvalue weighted by Gasteiger charge is -2.39. The molecule has 1 aliphatic heterocycles. The number of amides is 3. The SMILES string of the molecule is Cc1cccc(N2CCN([C@@H](C)C(=O)NC(=O)NC(C)C)CC2)c1C. The van der Waals surface area contributed by atoms with Crippen LogP contribution in [0, 0.1) is 13.8 Å². The Morgan fingerprint density at radius 2 is 1.68 bits per heavy atom. The molecule has 2 N–H and O–H groups in total. The third-order valence-electron chi connectivity index (χ3n) is 4.81. The highest BCUT2D eigenvalue weighted by atomic mass is 16.2. The summed E-state index contributed by atoms with van der Waals surface area (Å²) >= 11 is 0. The number of imide groups is 1. The van der Waals surface area contributed by atoms with Crippen molar-refractivity contribution in [1.82, 2.24) is 15.5 Å². The number of aryl methyl sites for hydroxylation is 1. The standard InChI is InChI=1S/C19H30N4O2/c1-13(2)20-19(25)21-18(24)16(5)22-9-11-23(12-10-22)17-8-6-7-14(3)15(17)4/h6-8,13,16H,9-12H2,1-5H3,(H2,20,21,24,25)/t16-/m0/s1. The summed E-state index contributed by atoms with van der Waals surface area (Å²) in [5, 5.41) is 5.10. The van der Waals surface area contributed by atoms with Crippen LogP contribution < -0.4 is 15.5 Å². The van der Waals surface area contributed by atoms with Crippen molar-refractivity contribution in [2.45, 2.75) is 46.7 Å². The Labute approximate surface area is 150 Å². The molecule has 0 radical (unpaired) electrons. The molecule has 0 aromatic heterocycles. The molecule has 0 bridgehead atoms. The van der Waals surface area contributed by atoms with Gasteiger partial charge in [0.2, 0.25) is 5.91 Å². The number of nitrogens with one attached hydrogen (secondary N) is 2. The zero-order valence-electron chi connectivity index (χ0n) is 15.9. The van der Waals surface area contributed by atoms with E-state index in [0.717, 1.165) is 26.2 Å². The zero-order chi connectivity index (χ0) is 18.6. The van der Waals surface area contributed by atoms with E-state index in [1.807, 2.05) is 20.8 Å². The Bertz CT molecular complexity index is 622. The normalized spacial score (nSPS) is 16.6. The number of rotatable bonds is 4. The maximum atomic E-state index is 12.3. The molecule has 0 spiro atoms. The van der Waals surface area contributed by atoms with Gasteiger partial charge in [0.1, 0.15) is 0 Å². The molecular formula is C19H30N4O2. The molecule has 6 nitrogen and oxygen atoms in total. The summed E-state index contributed by atoms with van der Waals surface area (Å²) in [6.45, 7) is 13.2. The lowest BCUT2D eigenvalue weighted by Crippen LogP contribution is -2.56. The summed E-state index contributed by atoms with van der Waals surface area (Å²) in [5.74, 6) is -0.252. The second-order valence-electron chi connectivity index (χ2n) is 7.04. The zero-order valence-corrected chi connectivity index (χ0v) is 15.9. The van der Waals surface area contributed by atoms with Gasteiger partial charge in [-0.05, 0) is 51.8 Å². The fourth-order valence-electron chi connectivity index (χ4n) is 3.11. The summed E-state index contributed by atoms with van der Waals surface area (Å²) in [6, 6.07) is 5.63. The van der Waals surface area contributed by atoms with Gasteiger partial charge in [-0.25, -0.2) is 4.79 Å².